The number of aliphatic hydroxyl groups is 5. The number of carbonyl (C=O) groups is 1. The summed E-state index contributed by atoms with van der Waals surface area (Å²) in [7, 11) is 0. The van der Waals surface area contributed by atoms with Crippen LogP contribution in [-0.4, -0.2) is 87.5 Å². The van der Waals surface area contributed by atoms with Gasteiger partial charge in [-0.2, -0.15) is 0 Å². The van der Waals surface area contributed by atoms with Crippen LogP contribution in [0.25, 0.3) is 0 Å². The number of rotatable bonds is 45. The van der Waals surface area contributed by atoms with E-state index in [9.17, 15) is 30.3 Å². The van der Waals surface area contributed by atoms with Crippen LogP contribution in [0.4, 0.5) is 0 Å². The summed E-state index contributed by atoms with van der Waals surface area (Å²) in [5, 5.41) is 53.9. The Hall–Kier alpha value is -1.59. The lowest BCUT2D eigenvalue weighted by Crippen LogP contribution is -2.60. The molecule has 1 fully saturated rings. The maximum Gasteiger partial charge on any atom is 0.220 e. The zero-order valence-corrected chi connectivity index (χ0v) is 40.8. The van der Waals surface area contributed by atoms with Crippen LogP contribution in [0.1, 0.15) is 245 Å². The maximum atomic E-state index is 12.9. The first-order valence-electron chi connectivity index (χ1n) is 26.7. The van der Waals surface area contributed by atoms with Crippen molar-refractivity contribution in [2.45, 2.75) is 288 Å². The molecule has 7 atom stereocenters. The molecule has 0 saturated carbocycles. The minimum absolute atomic E-state index is 0.188. The standard InChI is InChI=1S/C54H101NO8/c1-3-5-7-9-11-12-13-14-15-16-17-18-19-20-21-22-23-24-25-26-27-28-29-30-31-32-33-34-35-36-38-40-42-44-50(58)55-47(48(57)43-41-39-37-10-8-6-4-2)46-62-54-53(61)52(60)51(59)49(45-56)63-54/h8,10,16-17,41,43,47-49,51-54,56-57,59-61H,3-7,9,11-15,18-40,42,44-46H2,1-2H3,(H,55,58)/b10-8+,17-16-,43-41+. The minimum atomic E-state index is -1.57. The Morgan fingerprint density at radius 3 is 1.40 bits per heavy atom. The predicted molar refractivity (Wildman–Crippen MR) is 263 cm³/mol. The van der Waals surface area contributed by atoms with E-state index < -0.39 is 49.5 Å². The van der Waals surface area contributed by atoms with Gasteiger partial charge in [-0.25, -0.2) is 0 Å². The number of aliphatic hydroxyl groups excluding tert-OH is 5. The molecular weight excluding hydrogens is 791 g/mol. The minimum Gasteiger partial charge on any atom is -0.394 e. The van der Waals surface area contributed by atoms with E-state index in [1.165, 1.54) is 180 Å². The lowest BCUT2D eigenvalue weighted by Gasteiger charge is -2.40. The average Bonchev–Trinajstić information content (AvgIpc) is 3.28. The predicted octanol–water partition coefficient (Wildman–Crippen LogP) is 12.4. The van der Waals surface area contributed by atoms with Gasteiger partial charge in [0.2, 0.25) is 5.91 Å². The molecule has 6 N–H and O–H groups in total. The van der Waals surface area contributed by atoms with Gasteiger partial charge in [-0.05, 0) is 51.4 Å². The van der Waals surface area contributed by atoms with E-state index in [0.717, 1.165) is 44.9 Å². The fraction of sp³-hybridized carbons (Fsp3) is 0.870. The SMILES string of the molecule is CCC/C=C/CC/C=C/C(O)C(COC1OC(CO)C(O)C(O)C1O)NC(=O)CCCCCCCCCCCCCCCCCCCCCCC/C=C\CCCCCCCCCC. The number of hydrogen-bond acceptors (Lipinski definition) is 8. The second-order valence-corrected chi connectivity index (χ2v) is 18.7. The molecule has 1 heterocycles. The van der Waals surface area contributed by atoms with Gasteiger partial charge in [0, 0.05) is 6.42 Å². The smallest absolute Gasteiger partial charge is 0.220 e. The van der Waals surface area contributed by atoms with E-state index in [4.69, 9.17) is 9.47 Å². The molecule has 0 aliphatic carbocycles. The molecule has 1 rings (SSSR count). The molecule has 9 nitrogen and oxygen atoms in total. The number of unbranched alkanes of at least 4 members (excludes halogenated alkanes) is 31. The number of amides is 1. The van der Waals surface area contributed by atoms with Crippen molar-refractivity contribution in [3.63, 3.8) is 0 Å². The van der Waals surface area contributed by atoms with Crippen molar-refractivity contribution in [3.8, 4) is 0 Å². The normalized spacial score (nSPS) is 20.4. The Labute approximate surface area is 387 Å². The van der Waals surface area contributed by atoms with Crippen LogP contribution in [0, 0.1) is 0 Å². The van der Waals surface area contributed by atoms with E-state index in [1.54, 1.807) is 6.08 Å². The fourth-order valence-corrected chi connectivity index (χ4v) is 8.41. The molecule has 1 saturated heterocycles. The van der Waals surface area contributed by atoms with Crippen molar-refractivity contribution in [3.05, 3.63) is 36.5 Å². The van der Waals surface area contributed by atoms with Crippen molar-refractivity contribution in [1.82, 2.24) is 5.32 Å². The van der Waals surface area contributed by atoms with Crippen LogP contribution < -0.4 is 5.32 Å². The van der Waals surface area contributed by atoms with Gasteiger partial charge in [0.25, 0.3) is 0 Å². The van der Waals surface area contributed by atoms with E-state index in [-0.39, 0.29) is 12.5 Å². The molecule has 0 bridgehead atoms. The van der Waals surface area contributed by atoms with Crippen LogP contribution in [0.2, 0.25) is 0 Å². The molecule has 370 valence electrons. The Balaban J connectivity index is 2.03. The second-order valence-electron chi connectivity index (χ2n) is 18.7. The molecule has 0 aromatic heterocycles. The quantitative estimate of drug-likeness (QED) is 0.0261. The van der Waals surface area contributed by atoms with E-state index >= 15 is 0 Å². The van der Waals surface area contributed by atoms with Gasteiger partial charge in [-0.15, -0.1) is 0 Å². The molecule has 0 spiro atoms. The highest BCUT2D eigenvalue weighted by Gasteiger charge is 2.44. The third-order valence-electron chi connectivity index (χ3n) is 12.7. The van der Waals surface area contributed by atoms with Gasteiger partial charge in [-0.1, -0.05) is 224 Å². The monoisotopic (exact) mass is 892 g/mol. The van der Waals surface area contributed by atoms with Crippen LogP contribution in [0.5, 0.6) is 0 Å². The Morgan fingerprint density at radius 1 is 0.524 bits per heavy atom. The highest BCUT2D eigenvalue weighted by molar-refractivity contribution is 5.76. The Kier molecular flexibility index (Phi) is 41.7. The Bertz CT molecular complexity index is 1080. The molecular formula is C54H101NO8. The van der Waals surface area contributed by atoms with Crippen LogP contribution in [0.15, 0.2) is 36.5 Å². The summed E-state index contributed by atoms with van der Waals surface area (Å²) in [5.41, 5.74) is 0. The number of ether oxygens (including phenoxy) is 2. The van der Waals surface area contributed by atoms with E-state index in [2.05, 4.69) is 43.5 Å². The number of nitrogens with one attached hydrogen (secondary N) is 1. The molecule has 9 heteroatoms. The molecule has 0 radical (unpaired) electrons. The zero-order valence-electron chi connectivity index (χ0n) is 40.8. The number of allylic oxidation sites excluding steroid dienone is 5. The molecule has 1 aliphatic heterocycles. The van der Waals surface area contributed by atoms with Gasteiger partial charge in [0.05, 0.1) is 25.4 Å². The molecule has 0 aromatic carbocycles. The van der Waals surface area contributed by atoms with Crippen molar-refractivity contribution >= 4 is 5.91 Å². The largest absolute Gasteiger partial charge is 0.394 e. The zero-order chi connectivity index (χ0) is 45.9. The third-order valence-corrected chi connectivity index (χ3v) is 12.7. The molecule has 1 amide bonds. The van der Waals surface area contributed by atoms with Crippen LogP contribution >= 0.6 is 0 Å². The van der Waals surface area contributed by atoms with Gasteiger partial charge < -0.3 is 40.3 Å². The van der Waals surface area contributed by atoms with E-state index in [1.807, 2.05) is 6.08 Å². The van der Waals surface area contributed by atoms with Crippen LogP contribution in [0.3, 0.4) is 0 Å². The van der Waals surface area contributed by atoms with Crippen LogP contribution in [-0.2, 0) is 14.3 Å². The topological polar surface area (TPSA) is 149 Å². The summed E-state index contributed by atoms with van der Waals surface area (Å²) in [6.07, 6.45) is 49.9. The lowest BCUT2D eigenvalue weighted by atomic mass is 9.99. The third kappa shape index (κ3) is 34.4. The van der Waals surface area contributed by atoms with E-state index in [0.29, 0.717) is 6.42 Å². The highest BCUT2D eigenvalue weighted by Crippen LogP contribution is 2.23. The van der Waals surface area contributed by atoms with Crippen molar-refractivity contribution < 1.29 is 39.8 Å². The second kappa shape index (κ2) is 44.3. The summed E-state index contributed by atoms with van der Waals surface area (Å²) < 4.78 is 11.2. The highest BCUT2D eigenvalue weighted by atomic mass is 16.7. The van der Waals surface area contributed by atoms with Gasteiger partial charge >= 0.3 is 0 Å². The summed E-state index contributed by atoms with van der Waals surface area (Å²) in [6.45, 7) is 3.65. The molecule has 63 heavy (non-hydrogen) atoms. The summed E-state index contributed by atoms with van der Waals surface area (Å²) in [5.74, 6) is -0.188. The first-order valence-corrected chi connectivity index (χ1v) is 26.7. The van der Waals surface area contributed by atoms with Crippen molar-refractivity contribution in [2.75, 3.05) is 13.2 Å². The van der Waals surface area contributed by atoms with Gasteiger partial charge in [0.1, 0.15) is 24.4 Å². The fourth-order valence-electron chi connectivity index (χ4n) is 8.41. The average molecular weight is 892 g/mol. The first kappa shape index (κ1) is 59.4. The summed E-state index contributed by atoms with van der Waals surface area (Å²) in [6, 6.07) is -0.816. The molecule has 7 unspecified atom stereocenters. The summed E-state index contributed by atoms with van der Waals surface area (Å²) in [4.78, 5) is 12.9. The van der Waals surface area contributed by atoms with Gasteiger partial charge in [0.15, 0.2) is 6.29 Å². The molecule has 1 aliphatic rings. The molecule has 0 aromatic rings. The Morgan fingerprint density at radius 2 is 0.937 bits per heavy atom. The lowest BCUT2D eigenvalue weighted by molar-refractivity contribution is -0.302. The number of hydrogen-bond donors (Lipinski definition) is 6. The van der Waals surface area contributed by atoms with Crippen molar-refractivity contribution in [1.29, 1.82) is 0 Å². The number of carbonyl (C=O) groups excluding carboxylic acids is 1. The first-order chi connectivity index (χ1) is 30.8. The van der Waals surface area contributed by atoms with Gasteiger partial charge in [-0.3, -0.25) is 4.79 Å². The maximum absolute atomic E-state index is 12.9. The van der Waals surface area contributed by atoms with Crippen molar-refractivity contribution in [2.24, 2.45) is 0 Å². The summed E-state index contributed by atoms with van der Waals surface area (Å²) >= 11 is 0.